The number of benzene rings is 1. The third kappa shape index (κ3) is 3.99. The molecule has 2 aromatic rings. The minimum absolute atomic E-state index is 0.0617. The van der Waals surface area contributed by atoms with E-state index in [1.807, 2.05) is 38.1 Å². The number of aromatic amines is 1. The van der Waals surface area contributed by atoms with Crippen molar-refractivity contribution < 1.29 is 14.6 Å². The summed E-state index contributed by atoms with van der Waals surface area (Å²) in [5.41, 5.74) is 0.845. The van der Waals surface area contributed by atoms with E-state index in [4.69, 9.17) is 9.84 Å². The molecule has 0 unspecified atom stereocenters. The van der Waals surface area contributed by atoms with Crippen LogP contribution in [0.2, 0.25) is 0 Å². The fraction of sp³-hybridized carbons (Fsp3) is 0.308. The van der Waals surface area contributed by atoms with E-state index in [-0.39, 0.29) is 11.9 Å². The third-order valence-corrected chi connectivity index (χ3v) is 3.10. The number of aromatic nitrogens is 3. The average Bonchev–Trinajstić information content (AvgIpc) is 2.84. The Balaban J connectivity index is 2.13. The Morgan fingerprint density at radius 3 is 3.00 bits per heavy atom. The highest BCUT2D eigenvalue weighted by Crippen LogP contribution is 2.23. The largest absolute Gasteiger partial charge is 0.491 e. The van der Waals surface area contributed by atoms with Crippen LogP contribution >= 0.6 is 11.8 Å². The number of nitrogens with zero attached hydrogens (tertiary/aromatic N) is 2. The number of H-pyrrole nitrogens is 1. The zero-order valence-corrected chi connectivity index (χ0v) is 12.0. The molecular formula is C13H15N3O3S. The minimum atomic E-state index is -0.895. The van der Waals surface area contributed by atoms with Gasteiger partial charge in [-0.15, -0.1) is 5.10 Å². The molecular weight excluding hydrogens is 278 g/mol. The zero-order chi connectivity index (χ0) is 14.5. The molecule has 20 heavy (non-hydrogen) atoms. The Morgan fingerprint density at radius 2 is 2.30 bits per heavy atom. The number of ether oxygens (including phenoxy) is 1. The van der Waals surface area contributed by atoms with Gasteiger partial charge in [0.1, 0.15) is 5.75 Å². The topological polar surface area (TPSA) is 88.1 Å². The second kappa shape index (κ2) is 6.42. The maximum atomic E-state index is 10.5. The lowest BCUT2D eigenvalue weighted by Crippen LogP contribution is -2.05. The molecule has 6 nitrogen and oxygen atoms in total. The maximum absolute atomic E-state index is 10.5. The molecule has 0 fully saturated rings. The number of hydrogen-bond acceptors (Lipinski definition) is 5. The van der Waals surface area contributed by atoms with Crippen molar-refractivity contribution in [3.05, 3.63) is 24.3 Å². The van der Waals surface area contributed by atoms with E-state index in [1.54, 1.807) is 0 Å². The van der Waals surface area contributed by atoms with Crippen LogP contribution in [0.15, 0.2) is 29.4 Å². The summed E-state index contributed by atoms with van der Waals surface area (Å²) in [4.78, 5) is 14.7. The first kappa shape index (κ1) is 14.4. The number of thioether (sulfide) groups is 1. The summed E-state index contributed by atoms with van der Waals surface area (Å²) in [5.74, 6) is 0.391. The van der Waals surface area contributed by atoms with Crippen LogP contribution in [-0.2, 0) is 4.79 Å². The zero-order valence-electron chi connectivity index (χ0n) is 11.2. The lowest BCUT2D eigenvalue weighted by molar-refractivity contribution is -0.133. The summed E-state index contributed by atoms with van der Waals surface area (Å²) in [5, 5.41) is 15.8. The highest BCUT2D eigenvalue weighted by Gasteiger charge is 2.09. The molecule has 0 aliphatic carbocycles. The Bertz CT molecular complexity index is 598. The van der Waals surface area contributed by atoms with Crippen LogP contribution in [0.3, 0.4) is 0 Å². The molecule has 0 saturated heterocycles. The lowest BCUT2D eigenvalue weighted by Gasteiger charge is -2.09. The number of carboxylic acid groups (broad SMARTS) is 1. The molecule has 0 spiro atoms. The molecule has 0 saturated carbocycles. The number of rotatable bonds is 6. The van der Waals surface area contributed by atoms with Crippen molar-refractivity contribution in [1.29, 1.82) is 0 Å². The fourth-order valence-corrected chi connectivity index (χ4v) is 2.07. The second-order valence-electron chi connectivity index (χ2n) is 4.34. The normalized spacial score (nSPS) is 10.8. The Hall–Kier alpha value is -2.02. The summed E-state index contributed by atoms with van der Waals surface area (Å²) in [6, 6.07) is 7.51. The summed E-state index contributed by atoms with van der Waals surface area (Å²) in [6.07, 6.45) is 0.0988. The third-order valence-electron chi connectivity index (χ3n) is 2.27. The number of carboxylic acids is 1. The fourth-order valence-electron chi connectivity index (χ4n) is 1.56. The summed E-state index contributed by atoms with van der Waals surface area (Å²) in [7, 11) is 0. The van der Waals surface area contributed by atoms with E-state index in [2.05, 4.69) is 15.2 Å². The van der Waals surface area contributed by atoms with Crippen LogP contribution in [0, 0.1) is 0 Å². The lowest BCUT2D eigenvalue weighted by atomic mass is 10.2. The van der Waals surface area contributed by atoms with Crippen molar-refractivity contribution in [1.82, 2.24) is 15.2 Å². The maximum Gasteiger partial charge on any atom is 0.313 e. The molecule has 106 valence electrons. The Morgan fingerprint density at radius 1 is 1.50 bits per heavy atom. The van der Waals surface area contributed by atoms with Crippen molar-refractivity contribution in [2.24, 2.45) is 0 Å². The van der Waals surface area contributed by atoms with Crippen LogP contribution in [0.5, 0.6) is 5.75 Å². The van der Waals surface area contributed by atoms with Crippen LogP contribution in [0.25, 0.3) is 11.4 Å². The standard InChI is InChI=1S/C13H15N3O3S/c1-8(2)19-10-5-3-4-9(6-10)12-14-13(16-15-12)20-7-11(17)18/h3-6,8H,7H2,1-2H3,(H,17,18)(H,14,15,16). The van der Waals surface area contributed by atoms with E-state index in [1.165, 1.54) is 0 Å². The quantitative estimate of drug-likeness (QED) is 0.795. The molecule has 1 heterocycles. The Kier molecular flexibility index (Phi) is 4.62. The molecule has 0 amide bonds. The van der Waals surface area contributed by atoms with Gasteiger partial charge in [0.2, 0.25) is 5.16 Å². The van der Waals surface area contributed by atoms with Crippen molar-refractivity contribution in [2.45, 2.75) is 25.1 Å². The number of aliphatic carboxylic acids is 1. The van der Waals surface area contributed by atoms with Gasteiger partial charge in [0.05, 0.1) is 11.9 Å². The highest BCUT2D eigenvalue weighted by molar-refractivity contribution is 7.99. The van der Waals surface area contributed by atoms with E-state index in [0.29, 0.717) is 11.0 Å². The van der Waals surface area contributed by atoms with Gasteiger partial charge >= 0.3 is 5.97 Å². The van der Waals surface area contributed by atoms with Gasteiger partial charge in [0.15, 0.2) is 5.82 Å². The van der Waals surface area contributed by atoms with Gasteiger partial charge in [0.25, 0.3) is 0 Å². The van der Waals surface area contributed by atoms with Gasteiger partial charge < -0.3 is 9.84 Å². The van der Waals surface area contributed by atoms with Gasteiger partial charge in [-0.3, -0.25) is 9.89 Å². The van der Waals surface area contributed by atoms with E-state index >= 15 is 0 Å². The number of carbonyl (C=O) groups is 1. The van der Waals surface area contributed by atoms with E-state index in [9.17, 15) is 4.79 Å². The minimum Gasteiger partial charge on any atom is -0.491 e. The molecule has 2 N–H and O–H groups in total. The number of nitrogens with one attached hydrogen (secondary N) is 1. The predicted octanol–water partition coefficient (Wildman–Crippen LogP) is 2.44. The monoisotopic (exact) mass is 293 g/mol. The molecule has 0 radical (unpaired) electrons. The SMILES string of the molecule is CC(C)Oc1cccc(-c2nc(SCC(=O)O)n[nH]2)c1. The van der Waals surface area contributed by atoms with Crippen LogP contribution in [-0.4, -0.2) is 38.1 Å². The van der Waals surface area contributed by atoms with Crippen LogP contribution < -0.4 is 4.74 Å². The van der Waals surface area contributed by atoms with Gasteiger partial charge in [0, 0.05) is 5.56 Å². The molecule has 0 aliphatic heterocycles. The molecule has 7 heteroatoms. The van der Waals surface area contributed by atoms with Gasteiger partial charge in [-0.1, -0.05) is 23.9 Å². The number of hydrogen-bond donors (Lipinski definition) is 2. The first-order valence-corrected chi connectivity index (χ1v) is 7.07. The molecule has 1 aromatic carbocycles. The van der Waals surface area contributed by atoms with Crippen molar-refractivity contribution in [3.8, 4) is 17.1 Å². The highest BCUT2D eigenvalue weighted by atomic mass is 32.2. The van der Waals surface area contributed by atoms with Crippen molar-refractivity contribution in [3.63, 3.8) is 0 Å². The smallest absolute Gasteiger partial charge is 0.313 e. The average molecular weight is 293 g/mol. The second-order valence-corrected chi connectivity index (χ2v) is 5.29. The van der Waals surface area contributed by atoms with Crippen molar-refractivity contribution in [2.75, 3.05) is 5.75 Å². The van der Waals surface area contributed by atoms with Crippen LogP contribution in [0.1, 0.15) is 13.8 Å². The molecule has 1 aromatic heterocycles. The first-order chi connectivity index (χ1) is 9.54. The summed E-state index contributed by atoms with van der Waals surface area (Å²) >= 11 is 1.07. The molecule has 2 rings (SSSR count). The van der Waals surface area contributed by atoms with Crippen molar-refractivity contribution >= 4 is 17.7 Å². The molecule has 0 atom stereocenters. The van der Waals surface area contributed by atoms with E-state index in [0.717, 1.165) is 23.1 Å². The van der Waals surface area contributed by atoms with Gasteiger partial charge in [-0.05, 0) is 26.0 Å². The van der Waals surface area contributed by atoms with E-state index < -0.39 is 5.97 Å². The van der Waals surface area contributed by atoms with Gasteiger partial charge in [-0.25, -0.2) is 4.98 Å². The summed E-state index contributed by atoms with van der Waals surface area (Å²) < 4.78 is 5.62. The summed E-state index contributed by atoms with van der Waals surface area (Å²) in [6.45, 7) is 3.92. The first-order valence-electron chi connectivity index (χ1n) is 6.08. The molecule has 0 aliphatic rings. The van der Waals surface area contributed by atoms with Gasteiger partial charge in [-0.2, -0.15) is 0 Å². The Labute approximate surface area is 120 Å². The molecule has 0 bridgehead atoms. The van der Waals surface area contributed by atoms with Crippen LogP contribution in [0.4, 0.5) is 0 Å². The predicted molar refractivity (Wildman–Crippen MR) is 75.9 cm³/mol.